The Bertz CT molecular complexity index is 142. The van der Waals surface area contributed by atoms with Crippen LogP contribution in [0.25, 0.3) is 0 Å². The van der Waals surface area contributed by atoms with Gasteiger partial charge < -0.3 is 0 Å². The first-order valence-corrected chi connectivity index (χ1v) is 2.13. The molecular formula is C5H8F10. The molecule has 0 N–H and O–H groups in total. The average Bonchev–Trinajstić information content (AvgIpc) is 1.89. The number of halogens is 10. The zero-order chi connectivity index (χ0) is 9.65. The van der Waals surface area contributed by atoms with Crippen LogP contribution in [0.4, 0.5) is 45.2 Å². The average molecular weight is 258 g/mol. The molecule has 0 nitrogen and oxygen atoms in total. The van der Waals surface area contributed by atoms with Crippen LogP contribution in [0.1, 0.15) is 0 Å². The monoisotopic (exact) mass is 258 g/mol. The maximum absolute atomic E-state index is 11.0. The van der Waals surface area contributed by atoms with Gasteiger partial charge in [-0.1, -0.05) is 0 Å². The van der Waals surface area contributed by atoms with Gasteiger partial charge in [-0.25, -0.2) is 0 Å². The third-order valence-corrected chi connectivity index (χ3v) is 0.415. The fourth-order valence-electron chi connectivity index (χ4n) is 0.107. The van der Waals surface area contributed by atoms with Crippen molar-refractivity contribution in [2.45, 2.75) is 6.18 Å². The van der Waals surface area contributed by atoms with E-state index in [-0.39, 0.29) is 18.8 Å². The van der Waals surface area contributed by atoms with Gasteiger partial charge in [-0.3, -0.25) is 18.8 Å². The van der Waals surface area contributed by atoms with Gasteiger partial charge in [0.05, 0.1) is 0 Å². The van der Waals surface area contributed by atoms with E-state index < -0.39 is 18.1 Å². The molecule has 0 atom stereocenters. The van der Waals surface area contributed by atoms with Gasteiger partial charge in [0.2, 0.25) is 0 Å². The van der Waals surface area contributed by atoms with Crippen LogP contribution in [0.2, 0.25) is 0 Å². The zero-order valence-corrected chi connectivity index (χ0v) is 6.81. The van der Waals surface area contributed by atoms with Crippen LogP contribution in [-0.4, -0.2) is 6.18 Å². The van der Waals surface area contributed by atoms with Crippen LogP contribution < -0.4 is 0 Å². The van der Waals surface area contributed by atoms with Gasteiger partial charge in [0.1, 0.15) is 0 Å². The normalized spacial score (nSPS) is 7.07. The van der Waals surface area contributed by atoms with Crippen LogP contribution in [0, 0.1) is 0 Å². The molecule has 0 saturated carbocycles. The van der Waals surface area contributed by atoms with Gasteiger partial charge in [-0.05, 0) is 0 Å². The van der Waals surface area contributed by atoms with Crippen molar-refractivity contribution >= 4 is 0 Å². The van der Waals surface area contributed by atoms with Crippen molar-refractivity contribution in [1.29, 1.82) is 0 Å². The summed E-state index contributed by atoms with van der Waals surface area (Å²) in [6.45, 7) is 6.00. The van der Waals surface area contributed by atoms with E-state index in [0.29, 0.717) is 0 Å². The predicted molar refractivity (Wildman–Crippen MR) is 37.7 cm³/mol. The Kier molecular flexibility index (Phi) is 37.8. The Morgan fingerprint density at radius 3 is 0.933 bits per heavy atom. The van der Waals surface area contributed by atoms with Crippen LogP contribution in [0.5, 0.6) is 0 Å². The van der Waals surface area contributed by atoms with Gasteiger partial charge in [0, 0.05) is 0 Å². The molecule has 10 heteroatoms. The van der Waals surface area contributed by atoms with Crippen LogP contribution in [0.15, 0.2) is 25.1 Å². The Labute approximate surface area is 77.7 Å². The number of rotatable bonds is 0. The van der Waals surface area contributed by atoms with Gasteiger partial charge in [0.15, 0.2) is 0 Å². The van der Waals surface area contributed by atoms with E-state index in [0.717, 1.165) is 0 Å². The molecule has 0 heterocycles. The second kappa shape index (κ2) is 15.3. The maximum atomic E-state index is 11.0. The number of hydrogen-bond donors (Lipinski definition) is 0. The molecular weight excluding hydrogens is 250 g/mol. The van der Waals surface area contributed by atoms with Crippen LogP contribution in [-0.2, 0) is 0 Å². The molecule has 0 aromatic heterocycles. The molecule has 0 fully saturated rings. The van der Waals surface area contributed by atoms with Crippen molar-refractivity contribution in [3.05, 3.63) is 25.1 Å². The van der Waals surface area contributed by atoms with E-state index in [2.05, 4.69) is 13.2 Å². The van der Waals surface area contributed by atoms with Crippen LogP contribution in [0.3, 0.4) is 0 Å². The molecule has 0 spiro atoms. The van der Waals surface area contributed by atoms with Crippen molar-refractivity contribution in [3.63, 3.8) is 0 Å². The van der Waals surface area contributed by atoms with Crippen molar-refractivity contribution in [3.8, 4) is 0 Å². The Morgan fingerprint density at radius 2 is 0.933 bits per heavy atom. The first kappa shape index (κ1) is 37.2. The minimum atomic E-state index is -5.56. The van der Waals surface area contributed by atoms with E-state index in [1.807, 2.05) is 0 Å². The summed E-state index contributed by atoms with van der Waals surface area (Å²) in [4.78, 5) is 0. The lowest BCUT2D eigenvalue weighted by Gasteiger charge is -1.98. The summed E-state index contributed by atoms with van der Waals surface area (Å²) in [5.41, 5.74) is 0. The molecule has 0 aliphatic rings. The molecule has 0 saturated heterocycles. The lowest BCUT2D eigenvalue weighted by atomic mass is 10.6. The molecule has 15 heavy (non-hydrogen) atoms. The van der Waals surface area contributed by atoms with E-state index in [1.165, 1.54) is 0 Å². The molecule has 0 radical (unpaired) electrons. The molecule has 0 aliphatic heterocycles. The molecule has 0 bridgehead atoms. The highest BCUT2D eigenvalue weighted by atomic mass is 19.4. The second-order valence-electron chi connectivity index (χ2n) is 1.07. The lowest BCUT2D eigenvalue weighted by molar-refractivity contribution is -0.113. The second-order valence-corrected chi connectivity index (χ2v) is 1.07. The Morgan fingerprint density at radius 1 is 0.733 bits per heavy atom. The van der Waals surface area contributed by atoms with Crippen molar-refractivity contribution < 1.29 is 45.2 Å². The predicted octanol–water partition coefficient (Wildman–Crippen LogP) is 4.04. The molecule has 0 unspecified atom stereocenters. The maximum Gasteiger partial charge on any atom is 0.448 e. The lowest BCUT2D eigenvalue weighted by Crippen LogP contribution is -2.08. The highest BCUT2D eigenvalue weighted by Crippen LogP contribution is 2.29. The molecule has 98 valence electrons. The first-order valence-electron chi connectivity index (χ1n) is 2.13. The van der Waals surface area contributed by atoms with Crippen LogP contribution >= 0.6 is 0 Å². The topological polar surface area (TPSA) is 0 Å². The number of hydrogen-bond acceptors (Lipinski definition) is 0. The van der Waals surface area contributed by atoms with E-state index in [1.54, 1.807) is 0 Å². The smallest absolute Gasteiger partial charge is 0.269 e. The highest BCUT2D eigenvalue weighted by Gasteiger charge is 2.38. The number of alkyl halides is 3. The van der Waals surface area contributed by atoms with E-state index >= 15 is 0 Å². The molecule has 0 aromatic rings. The zero-order valence-electron chi connectivity index (χ0n) is 6.81. The number of allylic oxidation sites excluding steroid dienone is 1. The quantitative estimate of drug-likeness (QED) is 0.454. The first-order chi connectivity index (χ1) is 4.85. The summed E-state index contributed by atoms with van der Waals surface area (Å²) in [5.74, 6) is -3.33. The summed E-state index contributed by atoms with van der Waals surface area (Å²) in [6, 6.07) is 0. The standard InChI is InChI=1S/C3F6.C2H4.4FH/c4-1(2(5)6)3(7,8)9;1-2;;;;/h;1-2H2;4*1H. The van der Waals surface area contributed by atoms with Crippen molar-refractivity contribution in [1.82, 2.24) is 0 Å². The molecule has 0 rings (SSSR count). The fraction of sp³-hybridized carbons (Fsp3) is 0.200. The van der Waals surface area contributed by atoms with Crippen molar-refractivity contribution in [2.75, 3.05) is 0 Å². The Balaban J connectivity index is -0.0000000317. The third kappa shape index (κ3) is 19.3. The summed E-state index contributed by atoms with van der Waals surface area (Å²) < 4.78 is 64.8. The molecule has 0 aliphatic carbocycles. The SMILES string of the molecule is C=C.F.F.F.F.FC(F)=C(F)C(F)(F)F. The third-order valence-electron chi connectivity index (χ3n) is 0.415. The summed E-state index contributed by atoms with van der Waals surface area (Å²) in [7, 11) is 0. The summed E-state index contributed by atoms with van der Waals surface area (Å²) >= 11 is 0. The molecule has 0 amide bonds. The fourth-order valence-corrected chi connectivity index (χ4v) is 0.107. The minimum absolute atomic E-state index is 0. The summed E-state index contributed by atoms with van der Waals surface area (Å²) in [5, 5.41) is 0. The molecule has 0 aromatic carbocycles. The van der Waals surface area contributed by atoms with E-state index in [9.17, 15) is 26.3 Å². The van der Waals surface area contributed by atoms with Crippen molar-refractivity contribution in [2.24, 2.45) is 0 Å². The van der Waals surface area contributed by atoms with Gasteiger partial charge in [0.25, 0.3) is 5.83 Å². The summed E-state index contributed by atoms with van der Waals surface area (Å²) in [6.07, 6.45) is -8.90. The van der Waals surface area contributed by atoms with Gasteiger partial charge >= 0.3 is 12.3 Å². The minimum Gasteiger partial charge on any atom is -0.269 e. The van der Waals surface area contributed by atoms with Gasteiger partial charge in [-0.15, -0.1) is 13.2 Å². The highest BCUT2D eigenvalue weighted by molar-refractivity contribution is 4.98. The Hall–Kier alpha value is -1.22. The largest absolute Gasteiger partial charge is 0.448 e. The van der Waals surface area contributed by atoms with E-state index in [4.69, 9.17) is 0 Å². The van der Waals surface area contributed by atoms with Gasteiger partial charge in [-0.2, -0.15) is 26.3 Å².